The molecule has 3 nitrogen and oxygen atoms in total. The number of furan rings is 2. The van der Waals surface area contributed by atoms with E-state index in [2.05, 4.69) is 10.6 Å². The topological polar surface area (TPSA) is 31.2 Å². The van der Waals surface area contributed by atoms with Gasteiger partial charge in [-0.2, -0.15) is 0 Å². The van der Waals surface area contributed by atoms with Gasteiger partial charge in [0.05, 0.1) is 17.3 Å². The first-order valence-electron chi connectivity index (χ1n) is 5.19. The Morgan fingerprint density at radius 2 is 1.94 bits per heavy atom. The van der Waals surface area contributed by atoms with Crippen LogP contribution in [0.4, 0.5) is 0 Å². The molecule has 16 heavy (non-hydrogen) atoms. The molecule has 3 heteroatoms. The SMILES string of the molecule is Cn1c2ccoc2c2oc3ccccc3c21. The first-order chi connectivity index (χ1) is 7.86. The maximum atomic E-state index is 5.83. The van der Waals surface area contributed by atoms with E-state index in [9.17, 15) is 0 Å². The van der Waals surface area contributed by atoms with E-state index in [0.717, 1.165) is 33.2 Å². The third kappa shape index (κ3) is 0.758. The molecule has 0 bridgehead atoms. The van der Waals surface area contributed by atoms with Gasteiger partial charge in [-0.3, -0.25) is 0 Å². The zero-order chi connectivity index (χ0) is 10.7. The molecule has 0 saturated heterocycles. The molecule has 0 spiro atoms. The molecule has 0 saturated carbocycles. The zero-order valence-electron chi connectivity index (χ0n) is 8.73. The van der Waals surface area contributed by atoms with Gasteiger partial charge in [-0.1, -0.05) is 12.1 Å². The van der Waals surface area contributed by atoms with Crippen molar-refractivity contribution in [2.75, 3.05) is 0 Å². The molecular formula is C13H9NO2. The number of hydrogen-bond acceptors (Lipinski definition) is 2. The fourth-order valence-corrected chi connectivity index (χ4v) is 2.38. The highest BCUT2D eigenvalue weighted by Crippen LogP contribution is 2.36. The summed E-state index contributed by atoms with van der Waals surface area (Å²) in [5.74, 6) is 0. The van der Waals surface area contributed by atoms with Crippen LogP contribution < -0.4 is 0 Å². The Morgan fingerprint density at radius 3 is 2.88 bits per heavy atom. The molecule has 3 heterocycles. The Hall–Kier alpha value is -2.16. The van der Waals surface area contributed by atoms with Crippen molar-refractivity contribution in [1.29, 1.82) is 0 Å². The molecule has 0 atom stereocenters. The van der Waals surface area contributed by atoms with Crippen LogP contribution in [0.25, 0.3) is 33.2 Å². The Morgan fingerprint density at radius 1 is 1.06 bits per heavy atom. The van der Waals surface area contributed by atoms with E-state index in [4.69, 9.17) is 8.83 Å². The van der Waals surface area contributed by atoms with Crippen LogP contribution in [0.3, 0.4) is 0 Å². The van der Waals surface area contributed by atoms with Gasteiger partial charge in [0, 0.05) is 18.5 Å². The van der Waals surface area contributed by atoms with Gasteiger partial charge in [-0.05, 0) is 12.1 Å². The second kappa shape index (κ2) is 2.50. The zero-order valence-corrected chi connectivity index (χ0v) is 8.73. The minimum Gasteiger partial charge on any atom is -0.459 e. The molecule has 0 radical (unpaired) electrons. The molecule has 0 aliphatic rings. The molecule has 0 unspecified atom stereocenters. The summed E-state index contributed by atoms with van der Waals surface area (Å²) in [6, 6.07) is 10.00. The molecule has 0 amide bonds. The summed E-state index contributed by atoms with van der Waals surface area (Å²) in [7, 11) is 2.03. The fraction of sp³-hybridized carbons (Fsp3) is 0.0769. The number of para-hydroxylation sites is 1. The number of benzene rings is 1. The summed E-state index contributed by atoms with van der Waals surface area (Å²) in [6.07, 6.45) is 1.69. The van der Waals surface area contributed by atoms with Crippen molar-refractivity contribution in [3.05, 3.63) is 36.6 Å². The van der Waals surface area contributed by atoms with Crippen molar-refractivity contribution in [2.45, 2.75) is 0 Å². The van der Waals surface area contributed by atoms with Crippen LogP contribution in [0, 0.1) is 0 Å². The van der Waals surface area contributed by atoms with Crippen LogP contribution >= 0.6 is 0 Å². The van der Waals surface area contributed by atoms with Gasteiger partial charge < -0.3 is 13.4 Å². The lowest BCUT2D eigenvalue weighted by molar-refractivity contribution is 0.600. The quantitative estimate of drug-likeness (QED) is 0.444. The van der Waals surface area contributed by atoms with E-state index in [1.165, 1.54) is 0 Å². The summed E-state index contributed by atoms with van der Waals surface area (Å²) in [5, 5.41) is 1.13. The Bertz CT molecular complexity index is 816. The molecule has 1 aromatic carbocycles. The predicted molar refractivity (Wildman–Crippen MR) is 62.5 cm³/mol. The minimum atomic E-state index is 0.828. The number of fused-ring (bicyclic) bond motifs is 5. The third-order valence-electron chi connectivity index (χ3n) is 3.12. The monoisotopic (exact) mass is 211 g/mol. The maximum Gasteiger partial charge on any atom is 0.196 e. The van der Waals surface area contributed by atoms with Crippen LogP contribution in [0.15, 0.2) is 45.4 Å². The van der Waals surface area contributed by atoms with Gasteiger partial charge in [0.25, 0.3) is 0 Å². The van der Waals surface area contributed by atoms with Gasteiger partial charge in [0.1, 0.15) is 5.58 Å². The first-order valence-corrected chi connectivity index (χ1v) is 5.19. The highest BCUT2D eigenvalue weighted by Gasteiger charge is 2.17. The Balaban J connectivity index is 2.42. The minimum absolute atomic E-state index is 0.828. The molecule has 3 aromatic heterocycles. The van der Waals surface area contributed by atoms with Crippen LogP contribution in [0.2, 0.25) is 0 Å². The maximum absolute atomic E-state index is 5.83. The molecule has 0 aliphatic carbocycles. The molecule has 4 rings (SSSR count). The van der Waals surface area contributed by atoms with E-state index >= 15 is 0 Å². The Kier molecular flexibility index (Phi) is 1.26. The average molecular weight is 211 g/mol. The molecular weight excluding hydrogens is 202 g/mol. The summed E-state index contributed by atoms with van der Waals surface area (Å²) in [5.41, 5.74) is 4.74. The van der Waals surface area contributed by atoms with Crippen molar-refractivity contribution in [3.8, 4) is 0 Å². The number of rotatable bonds is 0. The number of hydrogen-bond donors (Lipinski definition) is 0. The summed E-state index contributed by atoms with van der Waals surface area (Å²) in [6.45, 7) is 0. The highest BCUT2D eigenvalue weighted by atomic mass is 16.4. The van der Waals surface area contributed by atoms with Crippen molar-refractivity contribution < 1.29 is 8.83 Å². The molecule has 0 N–H and O–H groups in total. The van der Waals surface area contributed by atoms with E-state index < -0.39 is 0 Å². The van der Waals surface area contributed by atoms with E-state index in [1.54, 1.807) is 6.26 Å². The largest absolute Gasteiger partial charge is 0.459 e. The lowest BCUT2D eigenvalue weighted by Crippen LogP contribution is -1.84. The molecule has 0 fully saturated rings. The van der Waals surface area contributed by atoms with E-state index in [1.807, 2.05) is 31.3 Å². The van der Waals surface area contributed by atoms with Gasteiger partial charge in [0.2, 0.25) is 0 Å². The number of aromatic nitrogens is 1. The summed E-state index contributed by atoms with van der Waals surface area (Å²) in [4.78, 5) is 0. The molecule has 4 aromatic rings. The fourth-order valence-electron chi connectivity index (χ4n) is 2.38. The van der Waals surface area contributed by atoms with Gasteiger partial charge in [-0.25, -0.2) is 0 Å². The van der Waals surface area contributed by atoms with Crippen molar-refractivity contribution in [1.82, 2.24) is 4.57 Å². The van der Waals surface area contributed by atoms with Crippen LogP contribution in [0.1, 0.15) is 0 Å². The van der Waals surface area contributed by atoms with Crippen molar-refractivity contribution >= 4 is 33.2 Å². The van der Waals surface area contributed by atoms with E-state index in [-0.39, 0.29) is 0 Å². The smallest absolute Gasteiger partial charge is 0.196 e. The Labute approximate surface area is 90.8 Å². The summed E-state index contributed by atoms with van der Waals surface area (Å²) >= 11 is 0. The van der Waals surface area contributed by atoms with Crippen molar-refractivity contribution in [2.24, 2.45) is 7.05 Å². The lowest BCUT2D eigenvalue weighted by Gasteiger charge is -1.93. The second-order valence-electron chi connectivity index (χ2n) is 3.97. The first kappa shape index (κ1) is 8.05. The van der Waals surface area contributed by atoms with Gasteiger partial charge in [0.15, 0.2) is 11.2 Å². The van der Waals surface area contributed by atoms with E-state index in [0.29, 0.717) is 0 Å². The molecule has 78 valence electrons. The molecule has 0 aliphatic heterocycles. The lowest BCUT2D eigenvalue weighted by atomic mass is 10.2. The standard InChI is InChI=1S/C13H9NO2/c1-14-9-6-7-15-12(9)13-11(14)8-4-2-3-5-10(8)16-13/h2-7H,1H3. The number of nitrogens with zero attached hydrogens (tertiary/aromatic N) is 1. The normalized spacial score (nSPS) is 12.1. The van der Waals surface area contributed by atoms with Crippen LogP contribution in [-0.4, -0.2) is 4.57 Å². The van der Waals surface area contributed by atoms with Crippen LogP contribution in [0.5, 0.6) is 0 Å². The van der Waals surface area contributed by atoms with Crippen LogP contribution in [-0.2, 0) is 7.05 Å². The van der Waals surface area contributed by atoms with Crippen molar-refractivity contribution in [3.63, 3.8) is 0 Å². The summed E-state index contributed by atoms with van der Waals surface area (Å²) < 4.78 is 13.4. The van der Waals surface area contributed by atoms with Gasteiger partial charge >= 0.3 is 0 Å². The predicted octanol–water partition coefficient (Wildman–Crippen LogP) is 3.67. The highest BCUT2D eigenvalue weighted by molar-refractivity contribution is 6.13. The average Bonchev–Trinajstić information content (AvgIpc) is 2.95. The third-order valence-corrected chi connectivity index (χ3v) is 3.12. The number of aryl methyl sites for hydroxylation is 1. The van der Waals surface area contributed by atoms with Gasteiger partial charge in [-0.15, -0.1) is 0 Å². The second-order valence-corrected chi connectivity index (χ2v) is 3.97.